The molecule has 1 heterocycles. The van der Waals surface area contributed by atoms with Crippen LogP contribution in [0.15, 0.2) is 6.20 Å². The van der Waals surface area contributed by atoms with Gasteiger partial charge in [-0.3, -0.25) is 10.1 Å². The molecule has 0 spiro atoms. The Morgan fingerprint density at radius 3 is 2.80 bits per heavy atom. The molecule has 52 valence electrons. The molecule has 6 heteroatoms. The van der Waals surface area contributed by atoms with Gasteiger partial charge in [0.15, 0.2) is 0 Å². The van der Waals surface area contributed by atoms with Crippen molar-refractivity contribution in [2.45, 2.75) is 6.92 Å². The number of aromatic nitrogens is 3. The highest BCUT2D eigenvalue weighted by molar-refractivity contribution is 5.28. The van der Waals surface area contributed by atoms with Crippen LogP contribution in [0.5, 0.6) is 0 Å². The van der Waals surface area contributed by atoms with Crippen molar-refractivity contribution in [3.05, 3.63) is 22.0 Å². The molecule has 0 aliphatic rings. The highest BCUT2D eigenvalue weighted by Gasteiger charge is 2.10. The van der Waals surface area contributed by atoms with Crippen LogP contribution in [0.4, 0.5) is 5.69 Å². The van der Waals surface area contributed by atoms with Crippen LogP contribution in [-0.2, 0) is 0 Å². The van der Waals surface area contributed by atoms with E-state index in [0.717, 1.165) is 6.20 Å². The third kappa shape index (κ3) is 1.04. The molecule has 0 saturated heterocycles. The van der Waals surface area contributed by atoms with Crippen LogP contribution in [0.3, 0.4) is 0 Å². The molecule has 1 aromatic heterocycles. The summed E-state index contributed by atoms with van der Waals surface area (Å²) >= 11 is 0. The molecule has 0 atom stereocenters. The zero-order valence-electron chi connectivity index (χ0n) is 5.18. The number of nitro groups is 1. The average Bonchev–Trinajstić information content (AvgIpc) is 1.88. The van der Waals surface area contributed by atoms with Crippen molar-refractivity contribution in [3.8, 4) is 0 Å². The Kier molecular flexibility index (Phi) is 1.53. The Morgan fingerprint density at radius 2 is 2.40 bits per heavy atom. The Balaban J connectivity index is 3.15. The molecule has 1 rings (SSSR count). The third-order valence-corrected chi connectivity index (χ3v) is 0.994. The van der Waals surface area contributed by atoms with E-state index in [4.69, 9.17) is 0 Å². The summed E-state index contributed by atoms with van der Waals surface area (Å²) in [5.74, 6) is 0. The van der Waals surface area contributed by atoms with Gasteiger partial charge in [-0.1, -0.05) is 0 Å². The number of hydrogen-bond acceptors (Lipinski definition) is 5. The van der Waals surface area contributed by atoms with E-state index in [1.807, 2.05) is 0 Å². The van der Waals surface area contributed by atoms with Gasteiger partial charge in [0.05, 0.1) is 4.92 Å². The zero-order chi connectivity index (χ0) is 7.56. The van der Waals surface area contributed by atoms with Gasteiger partial charge in [0.2, 0.25) is 0 Å². The predicted molar refractivity (Wildman–Crippen MR) is 31.2 cm³/mol. The summed E-state index contributed by atoms with van der Waals surface area (Å²) in [5, 5.41) is 20.0. The Labute approximate surface area is 56.0 Å². The number of rotatable bonds is 1. The molecule has 0 fully saturated rings. The van der Waals surface area contributed by atoms with Gasteiger partial charge in [-0.15, -0.1) is 10.2 Å². The van der Waals surface area contributed by atoms with Gasteiger partial charge in [0.25, 0.3) is 0 Å². The van der Waals surface area contributed by atoms with Crippen molar-refractivity contribution in [2.75, 3.05) is 0 Å². The van der Waals surface area contributed by atoms with E-state index >= 15 is 0 Å². The van der Waals surface area contributed by atoms with Crippen LogP contribution < -0.4 is 0 Å². The highest BCUT2D eigenvalue weighted by atomic mass is 16.6. The van der Waals surface area contributed by atoms with Gasteiger partial charge in [0, 0.05) is 0 Å². The molecule has 0 aromatic carbocycles. The smallest absolute Gasteiger partial charge is 0.258 e. The minimum absolute atomic E-state index is 0.102. The number of hydrogen-bond donors (Lipinski definition) is 0. The summed E-state index contributed by atoms with van der Waals surface area (Å²) in [6, 6.07) is 0. The second-order valence-electron chi connectivity index (χ2n) is 1.66. The molecular weight excluding hydrogens is 136 g/mol. The first-order chi connectivity index (χ1) is 4.72. The lowest BCUT2D eigenvalue weighted by atomic mass is 10.4. The lowest BCUT2D eigenvalue weighted by molar-refractivity contribution is -0.386. The number of aryl methyl sites for hydroxylation is 1. The fraction of sp³-hybridized carbons (Fsp3) is 0.250. The Bertz CT molecular complexity index is 261. The monoisotopic (exact) mass is 140 g/mol. The lowest BCUT2D eigenvalue weighted by Gasteiger charge is -1.89. The fourth-order valence-electron chi connectivity index (χ4n) is 0.497. The first-order valence-corrected chi connectivity index (χ1v) is 2.51. The SMILES string of the molecule is Cc1nnncc1[N+](=O)[O-]. The minimum atomic E-state index is -0.545. The second-order valence-corrected chi connectivity index (χ2v) is 1.66. The standard InChI is InChI=1S/C4H4N4O2/c1-3-4(8(9)10)2-5-7-6-3/h2H,1H3. The molecule has 0 saturated carbocycles. The quantitative estimate of drug-likeness (QED) is 0.407. The third-order valence-electron chi connectivity index (χ3n) is 0.994. The maximum atomic E-state index is 10.1. The van der Waals surface area contributed by atoms with E-state index in [2.05, 4.69) is 15.4 Å². The van der Waals surface area contributed by atoms with Gasteiger partial charge < -0.3 is 0 Å². The van der Waals surface area contributed by atoms with Gasteiger partial charge in [0.1, 0.15) is 11.9 Å². The van der Waals surface area contributed by atoms with E-state index in [9.17, 15) is 10.1 Å². The Morgan fingerprint density at radius 1 is 1.70 bits per heavy atom. The fourth-order valence-corrected chi connectivity index (χ4v) is 0.497. The van der Waals surface area contributed by atoms with Crippen molar-refractivity contribution in [3.63, 3.8) is 0 Å². The van der Waals surface area contributed by atoms with Crippen LogP contribution in [0.25, 0.3) is 0 Å². The highest BCUT2D eigenvalue weighted by Crippen LogP contribution is 2.09. The summed E-state index contributed by atoms with van der Waals surface area (Å²) in [5.41, 5.74) is 0.176. The largest absolute Gasteiger partial charge is 0.312 e. The molecular formula is C4H4N4O2. The first-order valence-electron chi connectivity index (χ1n) is 2.51. The van der Waals surface area contributed by atoms with Gasteiger partial charge in [-0.05, 0) is 12.1 Å². The van der Waals surface area contributed by atoms with Crippen LogP contribution in [-0.4, -0.2) is 20.3 Å². The van der Waals surface area contributed by atoms with Crippen LogP contribution in [0.1, 0.15) is 5.69 Å². The van der Waals surface area contributed by atoms with Crippen molar-refractivity contribution >= 4 is 5.69 Å². The average molecular weight is 140 g/mol. The molecule has 0 aliphatic carbocycles. The summed E-state index contributed by atoms with van der Waals surface area (Å²) in [7, 11) is 0. The van der Waals surface area contributed by atoms with E-state index in [1.54, 1.807) is 0 Å². The summed E-state index contributed by atoms with van der Waals surface area (Å²) < 4.78 is 0. The molecule has 1 aromatic rings. The van der Waals surface area contributed by atoms with Crippen molar-refractivity contribution in [2.24, 2.45) is 0 Å². The van der Waals surface area contributed by atoms with Crippen LogP contribution in [0, 0.1) is 17.0 Å². The Hall–Kier alpha value is -1.59. The molecule has 0 amide bonds. The van der Waals surface area contributed by atoms with Crippen molar-refractivity contribution < 1.29 is 4.92 Å². The first kappa shape index (κ1) is 6.53. The maximum Gasteiger partial charge on any atom is 0.312 e. The molecule has 10 heavy (non-hydrogen) atoms. The summed E-state index contributed by atoms with van der Waals surface area (Å²) in [4.78, 5) is 9.57. The predicted octanol–water partition coefficient (Wildman–Crippen LogP) is 0.0882. The molecule has 0 aliphatic heterocycles. The van der Waals surface area contributed by atoms with Crippen molar-refractivity contribution in [1.82, 2.24) is 15.4 Å². The molecule has 0 radical (unpaired) electrons. The molecule has 0 unspecified atom stereocenters. The summed E-state index contributed by atoms with van der Waals surface area (Å²) in [6.07, 6.45) is 1.07. The van der Waals surface area contributed by atoms with Crippen molar-refractivity contribution in [1.29, 1.82) is 0 Å². The minimum Gasteiger partial charge on any atom is -0.258 e. The van der Waals surface area contributed by atoms with Gasteiger partial charge in [-0.2, -0.15) is 0 Å². The molecule has 0 bridgehead atoms. The topological polar surface area (TPSA) is 81.8 Å². The van der Waals surface area contributed by atoms with Crippen LogP contribution >= 0.6 is 0 Å². The number of nitrogens with zero attached hydrogens (tertiary/aromatic N) is 4. The van der Waals surface area contributed by atoms with E-state index < -0.39 is 4.92 Å². The molecule has 6 nitrogen and oxygen atoms in total. The maximum absolute atomic E-state index is 10.1. The van der Waals surface area contributed by atoms with Gasteiger partial charge >= 0.3 is 5.69 Å². The van der Waals surface area contributed by atoms with E-state index in [0.29, 0.717) is 0 Å². The lowest BCUT2D eigenvalue weighted by Crippen LogP contribution is -1.97. The summed E-state index contributed by atoms with van der Waals surface area (Å²) in [6.45, 7) is 1.51. The second kappa shape index (κ2) is 2.34. The van der Waals surface area contributed by atoms with Crippen LogP contribution in [0.2, 0.25) is 0 Å². The molecule has 0 N–H and O–H groups in total. The van der Waals surface area contributed by atoms with Gasteiger partial charge in [-0.25, -0.2) is 0 Å². The van der Waals surface area contributed by atoms with E-state index in [1.165, 1.54) is 6.92 Å². The normalized spacial score (nSPS) is 9.30. The zero-order valence-corrected chi connectivity index (χ0v) is 5.18. The van der Waals surface area contributed by atoms with E-state index in [-0.39, 0.29) is 11.4 Å².